The van der Waals surface area contributed by atoms with Crippen LogP contribution in [-0.2, 0) is 11.2 Å². The highest BCUT2D eigenvalue weighted by Gasteiger charge is 2.28. The Morgan fingerprint density at radius 2 is 1.71 bits per heavy atom. The minimum Gasteiger partial charge on any atom is -0.300 e. The first kappa shape index (κ1) is 14.2. The zero-order valence-corrected chi connectivity index (χ0v) is 12.7. The quantitative estimate of drug-likeness (QED) is 0.714. The van der Waals surface area contributed by atoms with E-state index >= 15 is 0 Å². The van der Waals surface area contributed by atoms with E-state index < -0.39 is 8.07 Å². The van der Waals surface area contributed by atoms with Gasteiger partial charge in [-0.05, 0) is 30.0 Å². The zero-order chi connectivity index (χ0) is 13.1. The summed E-state index contributed by atoms with van der Waals surface area (Å²) in [4.78, 5) is 11.4. The molecule has 1 aromatic rings. The fraction of sp³-hybridized carbons (Fsp3) is 0.533. The lowest BCUT2D eigenvalue weighted by atomic mass is 10.0. The van der Waals surface area contributed by atoms with Gasteiger partial charge in [-0.2, -0.15) is 0 Å². The van der Waals surface area contributed by atoms with Crippen molar-refractivity contribution in [3.8, 4) is 0 Å². The summed E-state index contributed by atoms with van der Waals surface area (Å²) in [5, 5.41) is 0. The third-order valence-electron chi connectivity index (χ3n) is 3.33. The van der Waals surface area contributed by atoms with E-state index in [2.05, 4.69) is 50.8 Å². The summed E-state index contributed by atoms with van der Waals surface area (Å²) in [7, 11) is -1.34. The lowest BCUT2D eigenvalue weighted by Crippen LogP contribution is -2.32. The maximum absolute atomic E-state index is 11.4. The number of benzene rings is 1. The van der Waals surface area contributed by atoms with Crippen molar-refractivity contribution in [2.75, 3.05) is 0 Å². The van der Waals surface area contributed by atoms with E-state index in [4.69, 9.17) is 0 Å². The van der Waals surface area contributed by atoms with E-state index in [0.717, 1.165) is 6.42 Å². The van der Waals surface area contributed by atoms with Crippen molar-refractivity contribution in [2.24, 2.45) is 0 Å². The van der Waals surface area contributed by atoms with E-state index in [0.29, 0.717) is 17.7 Å². The Morgan fingerprint density at radius 3 is 2.06 bits per heavy atom. The van der Waals surface area contributed by atoms with Crippen LogP contribution in [0.4, 0.5) is 0 Å². The molecule has 1 rings (SSSR count). The van der Waals surface area contributed by atoms with Crippen LogP contribution in [0, 0.1) is 0 Å². The standard InChI is InChI=1S/C15H24OSi/c1-6-13-7-9-14(10-8-13)15(11-12(2)16)17(3,4)5/h7-10,15H,6,11H2,1-5H3. The number of hydrogen-bond donors (Lipinski definition) is 0. The fourth-order valence-corrected chi connectivity index (χ4v) is 4.29. The minimum absolute atomic E-state index is 0.303. The van der Waals surface area contributed by atoms with Crippen LogP contribution in [0.25, 0.3) is 0 Å². The van der Waals surface area contributed by atoms with Gasteiger partial charge in [-0.25, -0.2) is 0 Å². The normalized spacial score (nSPS) is 13.5. The van der Waals surface area contributed by atoms with Crippen LogP contribution in [0.2, 0.25) is 19.6 Å². The Hall–Kier alpha value is -0.893. The first-order valence-corrected chi connectivity index (χ1v) is 10.0. The Labute approximate surface area is 106 Å². The average Bonchev–Trinajstić information content (AvgIpc) is 2.24. The minimum atomic E-state index is -1.34. The van der Waals surface area contributed by atoms with E-state index in [1.165, 1.54) is 11.1 Å². The summed E-state index contributed by atoms with van der Waals surface area (Å²) in [6.07, 6.45) is 1.77. The van der Waals surface area contributed by atoms with Gasteiger partial charge in [-0.3, -0.25) is 0 Å². The summed E-state index contributed by atoms with van der Waals surface area (Å²) >= 11 is 0. The molecule has 0 aliphatic carbocycles. The van der Waals surface area contributed by atoms with E-state index in [9.17, 15) is 4.79 Å². The van der Waals surface area contributed by atoms with Crippen LogP contribution in [0.3, 0.4) is 0 Å². The monoisotopic (exact) mass is 248 g/mol. The number of Topliss-reactive ketones (excluding diaryl/α,β-unsaturated/α-hetero) is 1. The molecule has 1 nitrogen and oxygen atoms in total. The van der Waals surface area contributed by atoms with Crippen LogP contribution in [0.15, 0.2) is 24.3 Å². The largest absolute Gasteiger partial charge is 0.300 e. The molecule has 1 atom stereocenters. The average molecular weight is 248 g/mol. The number of carbonyl (C=O) groups is 1. The summed E-state index contributed by atoms with van der Waals surface area (Å²) in [6, 6.07) is 8.82. The summed E-state index contributed by atoms with van der Waals surface area (Å²) in [6.45, 7) is 10.9. The topological polar surface area (TPSA) is 17.1 Å². The molecule has 2 heteroatoms. The molecule has 17 heavy (non-hydrogen) atoms. The molecule has 94 valence electrons. The van der Waals surface area contributed by atoms with Crippen LogP contribution in [-0.4, -0.2) is 13.9 Å². The van der Waals surface area contributed by atoms with Gasteiger partial charge < -0.3 is 4.79 Å². The van der Waals surface area contributed by atoms with Crippen LogP contribution >= 0.6 is 0 Å². The van der Waals surface area contributed by atoms with Gasteiger partial charge in [-0.15, -0.1) is 0 Å². The third kappa shape index (κ3) is 4.12. The van der Waals surface area contributed by atoms with E-state index in [1.807, 2.05) is 0 Å². The molecular weight excluding hydrogens is 224 g/mol. The van der Waals surface area contributed by atoms with Crippen molar-refractivity contribution in [3.63, 3.8) is 0 Å². The molecular formula is C15H24OSi. The Morgan fingerprint density at radius 1 is 1.18 bits per heavy atom. The molecule has 0 aliphatic rings. The summed E-state index contributed by atoms with van der Waals surface area (Å²) in [5.74, 6) is 0.303. The number of rotatable bonds is 5. The number of carbonyl (C=O) groups excluding carboxylic acids is 1. The highest BCUT2D eigenvalue weighted by molar-refractivity contribution is 6.77. The molecule has 0 radical (unpaired) electrons. The first-order chi connectivity index (χ1) is 7.84. The third-order valence-corrected chi connectivity index (χ3v) is 5.96. The fourth-order valence-electron chi connectivity index (χ4n) is 2.20. The smallest absolute Gasteiger partial charge is 0.130 e. The van der Waals surface area contributed by atoms with E-state index in [-0.39, 0.29) is 0 Å². The van der Waals surface area contributed by atoms with Gasteiger partial charge in [0.25, 0.3) is 0 Å². The maximum Gasteiger partial charge on any atom is 0.130 e. The predicted molar refractivity (Wildman–Crippen MR) is 77.2 cm³/mol. The highest BCUT2D eigenvalue weighted by Crippen LogP contribution is 2.30. The second-order valence-corrected chi connectivity index (χ2v) is 11.3. The molecule has 0 bridgehead atoms. The lowest BCUT2D eigenvalue weighted by Gasteiger charge is -2.28. The second kappa shape index (κ2) is 5.63. The SMILES string of the molecule is CCc1ccc(C(CC(C)=O)[Si](C)(C)C)cc1. The summed E-state index contributed by atoms with van der Waals surface area (Å²) < 4.78 is 0. The molecule has 1 aromatic carbocycles. The molecule has 0 saturated heterocycles. The van der Waals surface area contributed by atoms with Gasteiger partial charge in [0.1, 0.15) is 5.78 Å². The Bertz CT molecular complexity index is 373. The van der Waals surface area contributed by atoms with Crippen molar-refractivity contribution in [3.05, 3.63) is 35.4 Å². The van der Waals surface area contributed by atoms with Crippen molar-refractivity contribution >= 4 is 13.9 Å². The van der Waals surface area contributed by atoms with Crippen LogP contribution < -0.4 is 0 Å². The maximum atomic E-state index is 11.4. The lowest BCUT2D eigenvalue weighted by molar-refractivity contribution is -0.117. The number of hydrogen-bond acceptors (Lipinski definition) is 1. The highest BCUT2D eigenvalue weighted by atomic mass is 28.3. The number of aryl methyl sites for hydroxylation is 1. The molecule has 0 aromatic heterocycles. The van der Waals surface area contributed by atoms with Crippen molar-refractivity contribution in [2.45, 2.75) is 51.9 Å². The van der Waals surface area contributed by atoms with Crippen molar-refractivity contribution < 1.29 is 4.79 Å². The Balaban J connectivity index is 3.00. The van der Waals surface area contributed by atoms with E-state index in [1.54, 1.807) is 6.92 Å². The molecule has 0 heterocycles. The molecule has 0 fully saturated rings. The molecule has 0 spiro atoms. The second-order valence-electron chi connectivity index (χ2n) is 5.92. The first-order valence-electron chi connectivity index (χ1n) is 6.43. The van der Waals surface area contributed by atoms with Crippen LogP contribution in [0.5, 0.6) is 0 Å². The van der Waals surface area contributed by atoms with Gasteiger partial charge in [0, 0.05) is 6.42 Å². The Kier molecular flexibility index (Phi) is 4.69. The van der Waals surface area contributed by atoms with Gasteiger partial charge in [0.15, 0.2) is 0 Å². The molecule has 0 aliphatic heterocycles. The van der Waals surface area contributed by atoms with Crippen molar-refractivity contribution in [1.29, 1.82) is 0 Å². The molecule has 1 unspecified atom stereocenters. The summed E-state index contributed by atoms with van der Waals surface area (Å²) in [5.41, 5.74) is 3.16. The van der Waals surface area contributed by atoms with Gasteiger partial charge in [0.2, 0.25) is 0 Å². The number of ketones is 1. The molecule has 0 N–H and O–H groups in total. The van der Waals surface area contributed by atoms with Gasteiger partial charge in [-0.1, -0.05) is 50.8 Å². The van der Waals surface area contributed by atoms with Crippen molar-refractivity contribution in [1.82, 2.24) is 0 Å². The van der Waals surface area contributed by atoms with Gasteiger partial charge in [0.05, 0.1) is 8.07 Å². The van der Waals surface area contributed by atoms with Gasteiger partial charge >= 0.3 is 0 Å². The van der Waals surface area contributed by atoms with Crippen LogP contribution in [0.1, 0.15) is 36.9 Å². The molecule has 0 amide bonds. The predicted octanol–water partition coefficient (Wildman–Crippen LogP) is 4.19. The molecule has 0 saturated carbocycles. The zero-order valence-electron chi connectivity index (χ0n) is 11.7.